The molecule has 4 aromatic rings. The molecule has 130 valence electrons. The zero-order chi connectivity index (χ0) is 18.3. The topological polar surface area (TPSA) is 75.9 Å². The van der Waals surface area contributed by atoms with E-state index in [9.17, 15) is 5.11 Å². The lowest BCUT2D eigenvalue weighted by molar-refractivity contribution is 0.477. The van der Waals surface area contributed by atoms with Crippen LogP contribution in [0.3, 0.4) is 0 Å². The van der Waals surface area contributed by atoms with Gasteiger partial charge in [-0.05, 0) is 44.5 Å². The maximum Gasteiger partial charge on any atom is 0.183 e. The summed E-state index contributed by atoms with van der Waals surface area (Å²) in [6.45, 7) is 5.92. The van der Waals surface area contributed by atoms with Crippen molar-refractivity contribution in [2.45, 2.75) is 20.8 Å². The van der Waals surface area contributed by atoms with Crippen molar-refractivity contribution in [3.8, 4) is 11.6 Å². The first kappa shape index (κ1) is 16.1. The third kappa shape index (κ3) is 2.75. The highest BCUT2D eigenvalue weighted by Crippen LogP contribution is 2.31. The van der Waals surface area contributed by atoms with E-state index in [1.807, 2.05) is 63.2 Å². The average Bonchev–Trinajstić information content (AvgIpc) is 2.96. The lowest BCUT2D eigenvalue weighted by Crippen LogP contribution is -2.06. The number of aryl methyl sites for hydroxylation is 3. The first-order chi connectivity index (χ1) is 12.5. The summed E-state index contributed by atoms with van der Waals surface area (Å²) in [5.74, 6) is 1.45. The molecule has 0 aliphatic carbocycles. The van der Waals surface area contributed by atoms with Gasteiger partial charge < -0.3 is 10.4 Å². The Kier molecular flexibility index (Phi) is 3.80. The van der Waals surface area contributed by atoms with E-state index < -0.39 is 0 Å². The molecule has 0 radical (unpaired) electrons. The Labute approximate surface area is 151 Å². The minimum Gasteiger partial charge on any atom is -0.506 e. The molecule has 0 atom stereocenters. The van der Waals surface area contributed by atoms with Crippen LogP contribution in [-0.4, -0.2) is 25.1 Å². The predicted molar refractivity (Wildman–Crippen MR) is 102 cm³/mol. The van der Waals surface area contributed by atoms with Crippen LogP contribution in [0.15, 0.2) is 48.5 Å². The van der Waals surface area contributed by atoms with Crippen LogP contribution in [0.2, 0.25) is 0 Å². The average molecular weight is 345 g/mol. The number of rotatable bonds is 3. The van der Waals surface area contributed by atoms with Gasteiger partial charge in [-0.3, -0.25) is 0 Å². The summed E-state index contributed by atoms with van der Waals surface area (Å²) >= 11 is 0. The standard InChI is InChI=1S/C20H19N5O/c1-12-8-9-18(26)17(10-12)21-19-15-6-4-5-7-16(15)20(23-22-19)25-14(3)11-13(2)24-25/h4-11,26H,1-3H3,(H,21,22). The molecule has 2 heterocycles. The molecule has 0 aliphatic rings. The van der Waals surface area contributed by atoms with Crippen molar-refractivity contribution >= 4 is 22.3 Å². The molecular formula is C20H19N5O. The summed E-state index contributed by atoms with van der Waals surface area (Å²) in [4.78, 5) is 0. The Morgan fingerprint density at radius 3 is 2.42 bits per heavy atom. The number of anilines is 2. The van der Waals surface area contributed by atoms with Crippen molar-refractivity contribution in [2.24, 2.45) is 0 Å². The smallest absolute Gasteiger partial charge is 0.183 e. The zero-order valence-corrected chi connectivity index (χ0v) is 14.9. The van der Waals surface area contributed by atoms with E-state index in [2.05, 4.69) is 20.6 Å². The number of phenols is 1. The molecule has 0 bridgehead atoms. The largest absolute Gasteiger partial charge is 0.506 e. The third-order valence-electron chi connectivity index (χ3n) is 4.28. The van der Waals surface area contributed by atoms with Crippen LogP contribution in [0.25, 0.3) is 16.6 Å². The Morgan fingerprint density at radius 2 is 1.69 bits per heavy atom. The number of phenolic OH excluding ortho intramolecular Hbond substituents is 1. The molecule has 2 aromatic carbocycles. The fourth-order valence-electron chi connectivity index (χ4n) is 3.06. The van der Waals surface area contributed by atoms with E-state index in [-0.39, 0.29) is 5.75 Å². The second kappa shape index (κ2) is 6.15. The number of hydrogen-bond acceptors (Lipinski definition) is 5. The third-order valence-corrected chi connectivity index (χ3v) is 4.28. The van der Waals surface area contributed by atoms with Crippen LogP contribution >= 0.6 is 0 Å². The second-order valence-electron chi connectivity index (χ2n) is 6.40. The molecule has 4 rings (SSSR count). The van der Waals surface area contributed by atoms with Gasteiger partial charge in [0.15, 0.2) is 11.6 Å². The fourth-order valence-corrected chi connectivity index (χ4v) is 3.06. The van der Waals surface area contributed by atoms with Gasteiger partial charge in [-0.2, -0.15) is 5.10 Å². The molecule has 0 fully saturated rings. The molecule has 0 aliphatic heterocycles. The van der Waals surface area contributed by atoms with E-state index in [1.54, 1.807) is 10.7 Å². The van der Waals surface area contributed by atoms with Gasteiger partial charge in [0.2, 0.25) is 0 Å². The number of aromatic hydroxyl groups is 1. The van der Waals surface area contributed by atoms with Crippen LogP contribution < -0.4 is 5.32 Å². The van der Waals surface area contributed by atoms with Crippen molar-refractivity contribution in [1.82, 2.24) is 20.0 Å². The van der Waals surface area contributed by atoms with Gasteiger partial charge >= 0.3 is 0 Å². The highest BCUT2D eigenvalue weighted by atomic mass is 16.3. The van der Waals surface area contributed by atoms with Gasteiger partial charge in [-0.1, -0.05) is 30.3 Å². The van der Waals surface area contributed by atoms with Gasteiger partial charge in [0.25, 0.3) is 0 Å². The maximum absolute atomic E-state index is 10.1. The quantitative estimate of drug-likeness (QED) is 0.545. The molecule has 0 amide bonds. The summed E-state index contributed by atoms with van der Waals surface area (Å²) in [6.07, 6.45) is 0. The zero-order valence-electron chi connectivity index (χ0n) is 14.9. The first-order valence-electron chi connectivity index (χ1n) is 8.38. The van der Waals surface area contributed by atoms with Crippen LogP contribution in [0, 0.1) is 20.8 Å². The van der Waals surface area contributed by atoms with Crippen molar-refractivity contribution in [2.75, 3.05) is 5.32 Å². The summed E-state index contributed by atoms with van der Waals surface area (Å²) in [6, 6.07) is 15.3. The molecule has 6 heteroatoms. The molecule has 0 saturated carbocycles. The van der Waals surface area contributed by atoms with E-state index >= 15 is 0 Å². The van der Waals surface area contributed by atoms with Gasteiger partial charge in [-0.25, -0.2) is 4.68 Å². The summed E-state index contributed by atoms with van der Waals surface area (Å²) < 4.78 is 1.80. The number of benzene rings is 2. The number of fused-ring (bicyclic) bond motifs is 1. The predicted octanol–water partition coefficient (Wildman–Crippen LogP) is 4.19. The molecule has 26 heavy (non-hydrogen) atoms. The summed E-state index contributed by atoms with van der Waals surface area (Å²) in [5, 5.41) is 28.5. The molecule has 0 saturated heterocycles. The second-order valence-corrected chi connectivity index (χ2v) is 6.40. The van der Waals surface area contributed by atoms with E-state index in [4.69, 9.17) is 0 Å². The SMILES string of the molecule is Cc1ccc(O)c(Nc2nnc(-n3nc(C)cc3C)c3ccccc23)c1. The van der Waals surface area contributed by atoms with Gasteiger partial charge in [0, 0.05) is 16.5 Å². The van der Waals surface area contributed by atoms with Crippen LogP contribution in [-0.2, 0) is 0 Å². The molecule has 2 N–H and O–H groups in total. The number of hydrogen-bond donors (Lipinski definition) is 2. The Morgan fingerprint density at radius 1 is 0.923 bits per heavy atom. The van der Waals surface area contributed by atoms with Crippen molar-refractivity contribution in [3.05, 3.63) is 65.5 Å². The maximum atomic E-state index is 10.1. The Hall–Kier alpha value is -3.41. The lowest BCUT2D eigenvalue weighted by Gasteiger charge is -2.13. The minimum absolute atomic E-state index is 0.170. The molecule has 2 aromatic heterocycles. The van der Waals surface area contributed by atoms with Crippen LogP contribution in [0.5, 0.6) is 5.75 Å². The van der Waals surface area contributed by atoms with Crippen LogP contribution in [0.1, 0.15) is 17.0 Å². The fraction of sp³-hybridized carbons (Fsp3) is 0.150. The number of nitrogens with one attached hydrogen (secondary N) is 1. The highest BCUT2D eigenvalue weighted by molar-refractivity contribution is 5.97. The van der Waals surface area contributed by atoms with E-state index in [0.717, 1.165) is 27.7 Å². The van der Waals surface area contributed by atoms with Gasteiger partial charge in [0.1, 0.15) is 5.75 Å². The molecule has 0 unspecified atom stereocenters. The first-order valence-corrected chi connectivity index (χ1v) is 8.38. The van der Waals surface area contributed by atoms with E-state index in [1.165, 1.54) is 0 Å². The Balaban J connectivity index is 1.87. The number of nitrogens with zero attached hydrogens (tertiary/aromatic N) is 4. The number of aromatic nitrogens is 4. The Bertz CT molecular complexity index is 1120. The van der Waals surface area contributed by atoms with Crippen molar-refractivity contribution < 1.29 is 5.11 Å². The normalized spacial score (nSPS) is 11.0. The van der Waals surface area contributed by atoms with Crippen LogP contribution in [0.4, 0.5) is 11.5 Å². The van der Waals surface area contributed by atoms with Gasteiger partial charge in [-0.15, -0.1) is 10.2 Å². The summed E-state index contributed by atoms with van der Waals surface area (Å²) in [5.41, 5.74) is 3.57. The minimum atomic E-state index is 0.170. The van der Waals surface area contributed by atoms with E-state index in [0.29, 0.717) is 17.3 Å². The molecule has 0 spiro atoms. The lowest BCUT2D eigenvalue weighted by atomic mass is 10.1. The van der Waals surface area contributed by atoms with Crippen molar-refractivity contribution in [3.63, 3.8) is 0 Å². The van der Waals surface area contributed by atoms with Crippen molar-refractivity contribution in [1.29, 1.82) is 0 Å². The molecular weight excluding hydrogens is 326 g/mol. The molecule has 6 nitrogen and oxygen atoms in total. The summed E-state index contributed by atoms with van der Waals surface area (Å²) in [7, 11) is 0. The highest BCUT2D eigenvalue weighted by Gasteiger charge is 2.14. The monoisotopic (exact) mass is 345 g/mol. The van der Waals surface area contributed by atoms with Gasteiger partial charge in [0.05, 0.1) is 11.4 Å².